The van der Waals surface area contributed by atoms with E-state index in [4.69, 9.17) is 4.98 Å². The molecule has 276 valence electrons. The van der Waals surface area contributed by atoms with Crippen LogP contribution in [0.1, 0.15) is 0 Å². The van der Waals surface area contributed by atoms with Crippen molar-refractivity contribution in [2.24, 2.45) is 0 Å². The van der Waals surface area contributed by atoms with Gasteiger partial charge >= 0.3 is 0 Å². The summed E-state index contributed by atoms with van der Waals surface area (Å²) in [4.78, 5) is 5.34. The van der Waals surface area contributed by atoms with E-state index < -0.39 is 0 Å². The summed E-state index contributed by atoms with van der Waals surface area (Å²) in [7, 11) is 0. The predicted molar refractivity (Wildman–Crippen MR) is 246 cm³/mol. The minimum absolute atomic E-state index is 0.904. The molecule has 0 unspecified atom stereocenters. The van der Waals surface area contributed by atoms with E-state index >= 15 is 0 Å². The van der Waals surface area contributed by atoms with Crippen molar-refractivity contribution in [3.05, 3.63) is 218 Å². The minimum Gasteiger partial charge on any atom is -0.309 e. The number of benzene rings is 9. The molecule has 0 bridgehead atoms. The molecular formula is C55H36N4. The van der Waals surface area contributed by atoms with Gasteiger partial charge in [0.2, 0.25) is 0 Å². The third-order valence-electron chi connectivity index (χ3n) is 11.8. The maximum Gasteiger partial charge on any atom is 0.145 e. The Hall–Kier alpha value is -7.95. The molecule has 0 spiro atoms. The molecule has 4 heteroatoms. The summed E-state index contributed by atoms with van der Waals surface area (Å²) in [5.74, 6) is 0.904. The van der Waals surface area contributed by atoms with Gasteiger partial charge in [0.05, 0.1) is 33.1 Å². The highest BCUT2D eigenvalue weighted by Gasteiger charge is 2.19. The maximum atomic E-state index is 5.34. The largest absolute Gasteiger partial charge is 0.309 e. The standard InChI is InChI=1S/C55H36N4/c1-3-17-42(18-4-1)57-52-28-13-9-24-47(52)48-36-38(30-31-53(48)57)40-32-39(33-41(34-40)55-56-49-25-10-14-29-54(49)59(55)43-19-5-2-6-20-43)37-16-15-21-44(35-37)58-50-26-11-7-22-45(50)46-23-8-12-27-51(46)58/h1-36H. The number of rotatable bonds is 6. The van der Waals surface area contributed by atoms with Gasteiger partial charge in [-0.15, -0.1) is 0 Å². The lowest BCUT2D eigenvalue weighted by Crippen LogP contribution is -1.98. The number of imidazole rings is 1. The summed E-state index contributed by atoms with van der Waals surface area (Å²) >= 11 is 0. The Morgan fingerprint density at radius 2 is 0.712 bits per heavy atom. The molecule has 0 N–H and O–H groups in total. The highest BCUT2D eigenvalue weighted by atomic mass is 15.1. The highest BCUT2D eigenvalue weighted by Crippen LogP contribution is 2.40. The average Bonchev–Trinajstić information content (AvgIpc) is 3.98. The Bertz CT molecular complexity index is 3500. The Labute approximate surface area is 341 Å². The van der Waals surface area contributed by atoms with Crippen LogP contribution < -0.4 is 0 Å². The van der Waals surface area contributed by atoms with Gasteiger partial charge < -0.3 is 9.13 Å². The molecule has 9 aromatic carbocycles. The van der Waals surface area contributed by atoms with Crippen LogP contribution >= 0.6 is 0 Å². The van der Waals surface area contributed by atoms with Crippen LogP contribution in [0.5, 0.6) is 0 Å². The first kappa shape index (κ1) is 33.2. The van der Waals surface area contributed by atoms with Gasteiger partial charge in [-0.25, -0.2) is 4.98 Å². The Morgan fingerprint density at radius 3 is 1.36 bits per heavy atom. The van der Waals surface area contributed by atoms with Gasteiger partial charge in [0.25, 0.3) is 0 Å². The third kappa shape index (κ3) is 5.34. The molecule has 0 aliphatic carbocycles. The predicted octanol–water partition coefficient (Wildman–Crippen LogP) is 14.2. The smallest absolute Gasteiger partial charge is 0.145 e. The summed E-state index contributed by atoms with van der Waals surface area (Å²) in [6.07, 6.45) is 0. The van der Waals surface area contributed by atoms with Crippen molar-refractivity contribution in [2.45, 2.75) is 0 Å². The lowest BCUT2D eigenvalue weighted by Gasteiger charge is -2.15. The molecule has 0 aliphatic rings. The Kier molecular flexibility index (Phi) is 7.50. The number of para-hydroxylation sites is 7. The topological polar surface area (TPSA) is 27.7 Å². The zero-order valence-corrected chi connectivity index (χ0v) is 32.1. The van der Waals surface area contributed by atoms with Crippen LogP contribution in [0.4, 0.5) is 0 Å². The van der Waals surface area contributed by atoms with Crippen LogP contribution in [-0.4, -0.2) is 18.7 Å². The first-order chi connectivity index (χ1) is 29.3. The molecule has 0 saturated carbocycles. The first-order valence-corrected chi connectivity index (χ1v) is 20.1. The molecule has 4 nitrogen and oxygen atoms in total. The molecule has 0 fully saturated rings. The van der Waals surface area contributed by atoms with Crippen LogP contribution in [0.15, 0.2) is 218 Å². The zero-order chi connectivity index (χ0) is 38.9. The zero-order valence-electron chi connectivity index (χ0n) is 32.1. The van der Waals surface area contributed by atoms with Crippen molar-refractivity contribution in [3.63, 3.8) is 0 Å². The number of fused-ring (bicyclic) bond motifs is 7. The van der Waals surface area contributed by atoms with E-state index in [1.54, 1.807) is 0 Å². The Morgan fingerprint density at radius 1 is 0.254 bits per heavy atom. The van der Waals surface area contributed by atoms with E-state index in [2.05, 4.69) is 232 Å². The SMILES string of the molecule is c1ccc(-n2c(-c3cc(-c4cccc(-n5c6ccccc6c6ccccc65)c4)cc(-c4ccc5c(c4)c4ccccc4n5-c4ccccc4)c3)nc3ccccc32)cc1. The number of hydrogen-bond donors (Lipinski definition) is 0. The van der Waals surface area contributed by atoms with Crippen molar-refractivity contribution >= 4 is 54.6 Å². The molecular weight excluding hydrogens is 717 g/mol. The summed E-state index contributed by atoms with van der Waals surface area (Å²) in [5.41, 5.74) is 15.7. The molecule has 0 amide bonds. The quantitative estimate of drug-likeness (QED) is 0.166. The molecule has 12 rings (SSSR count). The van der Waals surface area contributed by atoms with Gasteiger partial charge in [-0.3, -0.25) is 4.57 Å². The number of hydrogen-bond acceptors (Lipinski definition) is 1. The normalized spacial score (nSPS) is 11.7. The second-order valence-electron chi connectivity index (χ2n) is 15.2. The van der Waals surface area contributed by atoms with Crippen LogP contribution in [0.25, 0.3) is 105 Å². The molecule has 0 atom stereocenters. The van der Waals surface area contributed by atoms with Gasteiger partial charge in [-0.2, -0.15) is 0 Å². The highest BCUT2D eigenvalue weighted by molar-refractivity contribution is 6.11. The third-order valence-corrected chi connectivity index (χ3v) is 11.8. The van der Waals surface area contributed by atoms with Gasteiger partial charge in [0.15, 0.2) is 0 Å². The van der Waals surface area contributed by atoms with Crippen LogP contribution in [0, 0.1) is 0 Å². The second-order valence-corrected chi connectivity index (χ2v) is 15.2. The summed E-state index contributed by atoms with van der Waals surface area (Å²) in [6, 6.07) is 78.7. The van der Waals surface area contributed by atoms with Gasteiger partial charge in [-0.05, 0) is 119 Å². The molecule has 0 aliphatic heterocycles. The van der Waals surface area contributed by atoms with E-state index in [0.717, 1.165) is 61.7 Å². The maximum absolute atomic E-state index is 5.34. The van der Waals surface area contributed by atoms with Crippen LogP contribution in [0.2, 0.25) is 0 Å². The molecule has 12 aromatic rings. The van der Waals surface area contributed by atoms with Crippen molar-refractivity contribution in [2.75, 3.05) is 0 Å². The Balaban J connectivity index is 1.10. The van der Waals surface area contributed by atoms with Crippen molar-refractivity contribution in [3.8, 4) is 50.7 Å². The minimum atomic E-state index is 0.904. The first-order valence-electron chi connectivity index (χ1n) is 20.1. The average molecular weight is 753 g/mol. The van der Waals surface area contributed by atoms with Gasteiger partial charge in [0.1, 0.15) is 5.82 Å². The monoisotopic (exact) mass is 752 g/mol. The molecule has 59 heavy (non-hydrogen) atoms. The second kappa shape index (κ2) is 13.3. The van der Waals surface area contributed by atoms with Crippen molar-refractivity contribution in [1.29, 1.82) is 0 Å². The molecule has 0 saturated heterocycles. The van der Waals surface area contributed by atoms with E-state index in [1.165, 1.54) is 43.6 Å². The van der Waals surface area contributed by atoms with Crippen LogP contribution in [-0.2, 0) is 0 Å². The fourth-order valence-electron chi connectivity index (χ4n) is 9.18. The lowest BCUT2D eigenvalue weighted by atomic mass is 9.94. The number of aromatic nitrogens is 4. The fraction of sp³-hybridized carbons (Fsp3) is 0. The summed E-state index contributed by atoms with van der Waals surface area (Å²) < 4.78 is 7.06. The lowest BCUT2D eigenvalue weighted by molar-refractivity contribution is 1.10. The molecule has 3 heterocycles. The van der Waals surface area contributed by atoms with E-state index in [1.807, 2.05) is 0 Å². The van der Waals surface area contributed by atoms with E-state index in [-0.39, 0.29) is 0 Å². The molecule has 3 aromatic heterocycles. The van der Waals surface area contributed by atoms with E-state index in [0.29, 0.717) is 0 Å². The molecule has 0 radical (unpaired) electrons. The summed E-state index contributed by atoms with van der Waals surface area (Å²) in [6.45, 7) is 0. The number of nitrogens with zero attached hydrogens (tertiary/aromatic N) is 4. The van der Waals surface area contributed by atoms with E-state index in [9.17, 15) is 0 Å². The summed E-state index contributed by atoms with van der Waals surface area (Å²) in [5, 5.41) is 4.95. The van der Waals surface area contributed by atoms with Crippen LogP contribution in [0.3, 0.4) is 0 Å². The fourth-order valence-corrected chi connectivity index (χ4v) is 9.18. The van der Waals surface area contributed by atoms with Gasteiger partial charge in [-0.1, -0.05) is 121 Å². The van der Waals surface area contributed by atoms with Gasteiger partial charge in [0, 0.05) is 44.2 Å². The van der Waals surface area contributed by atoms with Crippen molar-refractivity contribution < 1.29 is 0 Å². The van der Waals surface area contributed by atoms with Crippen molar-refractivity contribution in [1.82, 2.24) is 18.7 Å².